The van der Waals surface area contributed by atoms with Crippen molar-refractivity contribution < 1.29 is 19.0 Å². The molecule has 0 amide bonds. The van der Waals surface area contributed by atoms with Gasteiger partial charge in [0.2, 0.25) is 0 Å². The van der Waals surface area contributed by atoms with Gasteiger partial charge in [-0.3, -0.25) is 0 Å². The van der Waals surface area contributed by atoms with E-state index in [9.17, 15) is 4.79 Å². The molecule has 4 nitrogen and oxygen atoms in total. The second-order valence-electron chi connectivity index (χ2n) is 9.00. The van der Waals surface area contributed by atoms with E-state index in [1.807, 2.05) is 31.2 Å². The molecule has 1 aliphatic rings. The van der Waals surface area contributed by atoms with Gasteiger partial charge in [0, 0.05) is 13.0 Å². The van der Waals surface area contributed by atoms with Gasteiger partial charge in [0.15, 0.2) is 6.10 Å². The highest BCUT2D eigenvalue weighted by molar-refractivity contribution is 6.01. The summed E-state index contributed by atoms with van der Waals surface area (Å²) in [6, 6.07) is 23.3. The van der Waals surface area contributed by atoms with Crippen LogP contribution in [0.5, 0.6) is 5.75 Å². The van der Waals surface area contributed by atoms with Crippen molar-refractivity contribution in [3.8, 4) is 16.9 Å². The normalized spacial score (nSPS) is 13.8. The molecule has 0 saturated heterocycles. The SMILES string of the molecule is CCCCc1ccc2c(c1)-c1ccccc1/C2=C/COc1ccc(CC(OCC)C(=O)OCC)cc1. The summed E-state index contributed by atoms with van der Waals surface area (Å²) in [6.45, 7) is 7.20. The predicted molar refractivity (Wildman–Crippen MR) is 145 cm³/mol. The highest BCUT2D eigenvalue weighted by atomic mass is 16.6. The second kappa shape index (κ2) is 12.5. The highest BCUT2D eigenvalue weighted by Crippen LogP contribution is 2.44. The molecule has 0 N–H and O–H groups in total. The number of carbonyl (C=O) groups excluding carboxylic acids is 1. The van der Waals surface area contributed by atoms with E-state index in [2.05, 4.69) is 55.5 Å². The van der Waals surface area contributed by atoms with Crippen molar-refractivity contribution >= 4 is 11.5 Å². The van der Waals surface area contributed by atoms with Crippen molar-refractivity contribution in [1.29, 1.82) is 0 Å². The molecule has 3 aromatic rings. The molecule has 0 radical (unpaired) electrons. The Kier molecular flexibility index (Phi) is 8.96. The lowest BCUT2D eigenvalue weighted by Crippen LogP contribution is -2.28. The molecule has 3 aromatic carbocycles. The van der Waals surface area contributed by atoms with E-state index in [0.29, 0.717) is 26.2 Å². The molecule has 188 valence electrons. The van der Waals surface area contributed by atoms with Crippen LogP contribution < -0.4 is 4.74 Å². The molecule has 0 fully saturated rings. The number of unbranched alkanes of at least 4 members (excludes halogenated alkanes) is 1. The summed E-state index contributed by atoms with van der Waals surface area (Å²) in [5, 5.41) is 0. The van der Waals surface area contributed by atoms with Crippen LogP contribution in [0.2, 0.25) is 0 Å². The topological polar surface area (TPSA) is 44.8 Å². The lowest BCUT2D eigenvalue weighted by Gasteiger charge is -2.15. The maximum absolute atomic E-state index is 12.1. The van der Waals surface area contributed by atoms with Gasteiger partial charge < -0.3 is 14.2 Å². The minimum Gasteiger partial charge on any atom is -0.490 e. The van der Waals surface area contributed by atoms with E-state index < -0.39 is 6.10 Å². The minimum atomic E-state index is -0.587. The zero-order valence-electron chi connectivity index (χ0n) is 21.6. The Balaban J connectivity index is 1.44. The number of esters is 1. The maximum Gasteiger partial charge on any atom is 0.335 e. The molecule has 0 spiro atoms. The summed E-state index contributed by atoms with van der Waals surface area (Å²) < 4.78 is 16.8. The van der Waals surface area contributed by atoms with Gasteiger partial charge in [0.05, 0.1) is 6.61 Å². The summed E-state index contributed by atoms with van der Waals surface area (Å²) in [6.07, 6.45) is 5.60. The number of aryl methyl sites for hydroxylation is 1. The highest BCUT2D eigenvalue weighted by Gasteiger charge is 2.23. The zero-order chi connectivity index (χ0) is 25.3. The summed E-state index contributed by atoms with van der Waals surface area (Å²) in [5.41, 5.74) is 8.79. The van der Waals surface area contributed by atoms with Gasteiger partial charge in [-0.2, -0.15) is 0 Å². The number of rotatable bonds is 12. The molecule has 1 atom stereocenters. The number of hydrogen-bond acceptors (Lipinski definition) is 4. The summed E-state index contributed by atoms with van der Waals surface area (Å²) in [4.78, 5) is 12.1. The molecule has 1 aliphatic carbocycles. The first-order chi connectivity index (χ1) is 17.6. The largest absolute Gasteiger partial charge is 0.490 e. The molecule has 4 rings (SSSR count). The first kappa shape index (κ1) is 25.7. The monoisotopic (exact) mass is 484 g/mol. The Morgan fingerprint density at radius 1 is 0.833 bits per heavy atom. The van der Waals surface area contributed by atoms with Gasteiger partial charge in [0.25, 0.3) is 0 Å². The van der Waals surface area contributed by atoms with Crippen LogP contribution in [0.4, 0.5) is 0 Å². The number of carbonyl (C=O) groups is 1. The van der Waals surface area contributed by atoms with Crippen molar-refractivity contribution in [1.82, 2.24) is 0 Å². The predicted octanol–water partition coefficient (Wildman–Crippen LogP) is 7.03. The first-order valence-corrected chi connectivity index (χ1v) is 13.1. The van der Waals surface area contributed by atoms with Crippen LogP contribution in [0, 0.1) is 0 Å². The van der Waals surface area contributed by atoms with Gasteiger partial charge in [-0.1, -0.05) is 67.9 Å². The molecule has 36 heavy (non-hydrogen) atoms. The second-order valence-corrected chi connectivity index (χ2v) is 9.00. The van der Waals surface area contributed by atoms with Crippen LogP contribution in [-0.2, 0) is 27.1 Å². The number of ether oxygens (including phenoxy) is 3. The average molecular weight is 485 g/mol. The van der Waals surface area contributed by atoms with Crippen molar-refractivity contribution in [3.05, 3.63) is 95.1 Å². The lowest BCUT2D eigenvalue weighted by molar-refractivity contribution is -0.156. The standard InChI is InChI=1S/C32H36O4/c1-4-7-10-23-15-18-28-29(26-11-8-9-12-27(26)30(28)21-23)19-20-36-25-16-13-24(14-17-25)22-31(34-5-2)32(33)35-6-3/h8-9,11-19,21,31H,4-7,10,20,22H2,1-3H3/b29-19-. The third kappa shape index (κ3) is 6.06. The van der Waals surface area contributed by atoms with E-state index in [1.165, 1.54) is 46.2 Å². The van der Waals surface area contributed by atoms with Crippen molar-refractivity contribution in [2.75, 3.05) is 19.8 Å². The fraction of sp³-hybridized carbons (Fsp3) is 0.344. The van der Waals surface area contributed by atoms with Crippen LogP contribution >= 0.6 is 0 Å². The minimum absolute atomic E-state index is 0.319. The molecule has 0 saturated carbocycles. The van der Waals surface area contributed by atoms with Crippen molar-refractivity contribution in [3.63, 3.8) is 0 Å². The zero-order valence-corrected chi connectivity index (χ0v) is 21.6. The Bertz CT molecular complexity index is 1190. The van der Waals surface area contributed by atoms with Crippen LogP contribution in [0.15, 0.2) is 72.8 Å². The summed E-state index contributed by atoms with van der Waals surface area (Å²) in [7, 11) is 0. The van der Waals surface area contributed by atoms with Gasteiger partial charge in [-0.15, -0.1) is 0 Å². The van der Waals surface area contributed by atoms with E-state index in [1.54, 1.807) is 6.92 Å². The molecule has 0 bridgehead atoms. The molecule has 1 unspecified atom stereocenters. The van der Waals surface area contributed by atoms with Crippen molar-refractivity contribution in [2.45, 2.75) is 52.6 Å². The Morgan fingerprint density at radius 3 is 2.28 bits per heavy atom. The Morgan fingerprint density at radius 2 is 1.56 bits per heavy atom. The van der Waals surface area contributed by atoms with Crippen LogP contribution in [-0.4, -0.2) is 31.9 Å². The summed E-state index contributed by atoms with van der Waals surface area (Å²) >= 11 is 0. The first-order valence-electron chi connectivity index (χ1n) is 13.1. The number of hydrogen-bond donors (Lipinski definition) is 0. The quantitative estimate of drug-likeness (QED) is 0.203. The van der Waals surface area contributed by atoms with Gasteiger partial charge in [0.1, 0.15) is 12.4 Å². The molecule has 0 heterocycles. The van der Waals surface area contributed by atoms with Crippen molar-refractivity contribution in [2.24, 2.45) is 0 Å². The summed E-state index contributed by atoms with van der Waals surface area (Å²) in [5.74, 6) is 0.474. The maximum atomic E-state index is 12.1. The van der Waals surface area contributed by atoms with Crippen LogP contribution in [0.1, 0.15) is 55.9 Å². The third-order valence-corrected chi connectivity index (χ3v) is 6.50. The Labute approximate surface area is 214 Å². The molecular formula is C32H36O4. The number of fused-ring (bicyclic) bond motifs is 3. The van der Waals surface area contributed by atoms with E-state index in [4.69, 9.17) is 14.2 Å². The molecule has 4 heteroatoms. The molecule has 0 aromatic heterocycles. The van der Waals surface area contributed by atoms with Gasteiger partial charge in [-0.25, -0.2) is 4.79 Å². The fourth-order valence-corrected chi connectivity index (χ4v) is 4.71. The Hall–Kier alpha value is -3.37. The van der Waals surface area contributed by atoms with E-state index >= 15 is 0 Å². The average Bonchev–Trinajstić information content (AvgIpc) is 3.21. The van der Waals surface area contributed by atoms with Crippen LogP contribution in [0.3, 0.4) is 0 Å². The third-order valence-electron chi connectivity index (χ3n) is 6.50. The fourth-order valence-electron chi connectivity index (χ4n) is 4.71. The molecule has 0 aliphatic heterocycles. The molecular weight excluding hydrogens is 448 g/mol. The van der Waals surface area contributed by atoms with E-state index in [0.717, 1.165) is 17.7 Å². The van der Waals surface area contributed by atoms with Gasteiger partial charge >= 0.3 is 5.97 Å². The van der Waals surface area contributed by atoms with E-state index in [-0.39, 0.29) is 5.97 Å². The smallest absolute Gasteiger partial charge is 0.335 e. The number of benzene rings is 3. The lowest BCUT2D eigenvalue weighted by atomic mass is 9.99. The van der Waals surface area contributed by atoms with Gasteiger partial charge in [-0.05, 0) is 83.9 Å². The van der Waals surface area contributed by atoms with Crippen LogP contribution in [0.25, 0.3) is 16.7 Å².